The van der Waals surface area contributed by atoms with E-state index in [2.05, 4.69) is 4.98 Å². The number of anilines is 1. The highest BCUT2D eigenvalue weighted by atomic mass is 16.5. The van der Waals surface area contributed by atoms with Crippen molar-refractivity contribution in [3.63, 3.8) is 0 Å². The van der Waals surface area contributed by atoms with E-state index in [4.69, 9.17) is 9.15 Å². The average molecular weight is 296 g/mol. The van der Waals surface area contributed by atoms with Crippen LogP contribution in [0.4, 0.5) is 6.01 Å². The summed E-state index contributed by atoms with van der Waals surface area (Å²) in [7, 11) is 0. The van der Waals surface area contributed by atoms with Gasteiger partial charge in [-0.1, -0.05) is 0 Å². The zero-order valence-corrected chi connectivity index (χ0v) is 11.9. The zero-order chi connectivity index (χ0) is 15.0. The van der Waals surface area contributed by atoms with Crippen LogP contribution in [0.2, 0.25) is 0 Å². The van der Waals surface area contributed by atoms with Gasteiger partial charge in [0.05, 0.1) is 18.8 Å². The zero-order valence-electron chi connectivity index (χ0n) is 11.9. The van der Waals surface area contributed by atoms with Crippen LogP contribution in [0.3, 0.4) is 0 Å². The molecule has 1 saturated heterocycles. The Bertz CT molecular complexity index is 499. The van der Waals surface area contributed by atoms with Crippen molar-refractivity contribution in [2.45, 2.75) is 32.0 Å². The Morgan fingerprint density at radius 3 is 2.57 bits per heavy atom. The van der Waals surface area contributed by atoms with Crippen molar-refractivity contribution in [2.24, 2.45) is 11.8 Å². The first-order valence-electron chi connectivity index (χ1n) is 7.32. The van der Waals surface area contributed by atoms with E-state index >= 15 is 0 Å². The number of hydrogen-bond acceptors (Lipinski definition) is 7. The van der Waals surface area contributed by atoms with Gasteiger partial charge in [0.25, 0.3) is 6.01 Å². The topological polar surface area (TPSA) is 96.0 Å². The van der Waals surface area contributed by atoms with Gasteiger partial charge in [-0.2, -0.15) is 4.98 Å². The number of esters is 1. The second-order valence-electron chi connectivity index (χ2n) is 5.77. The lowest BCUT2D eigenvalue weighted by Crippen LogP contribution is -2.38. The molecule has 1 aliphatic carbocycles. The molecule has 0 amide bonds. The molecule has 7 heteroatoms. The molecule has 2 heterocycles. The Morgan fingerprint density at radius 1 is 1.38 bits per heavy atom. The number of aliphatic hydroxyl groups excluding tert-OH is 2. The third-order valence-electron chi connectivity index (χ3n) is 4.36. The van der Waals surface area contributed by atoms with Gasteiger partial charge in [0.1, 0.15) is 6.26 Å². The number of rotatable bonds is 3. The van der Waals surface area contributed by atoms with Crippen LogP contribution in [0, 0.1) is 11.8 Å². The number of oxazole rings is 1. The molecule has 0 aromatic carbocycles. The first kappa shape index (κ1) is 14.3. The molecule has 21 heavy (non-hydrogen) atoms. The number of aromatic nitrogens is 1. The maximum atomic E-state index is 11.6. The summed E-state index contributed by atoms with van der Waals surface area (Å²) >= 11 is 0. The van der Waals surface area contributed by atoms with Gasteiger partial charge >= 0.3 is 5.97 Å². The molecule has 2 aliphatic rings. The summed E-state index contributed by atoms with van der Waals surface area (Å²) < 4.78 is 10.2. The fourth-order valence-electron chi connectivity index (χ4n) is 3.27. The van der Waals surface area contributed by atoms with Crippen molar-refractivity contribution in [3.05, 3.63) is 12.0 Å². The minimum Gasteiger partial charge on any atom is -0.461 e. The maximum absolute atomic E-state index is 11.6. The van der Waals surface area contributed by atoms with E-state index < -0.39 is 18.2 Å². The Labute approximate surface area is 122 Å². The third-order valence-corrected chi connectivity index (χ3v) is 4.36. The highest BCUT2D eigenvalue weighted by Gasteiger charge is 2.42. The summed E-state index contributed by atoms with van der Waals surface area (Å²) in [5.41, 5.74) is 0.168. The first-order chi connectivity index (χ1) is 10.1. The number of nitrogens with zero attached hydrogens (tertiary/aromatic N) is 2. The van der Waals surface area contributed by atoms with Crippen LogP contribution in [-0.2, 0) is 4.74 Å². The predicted octanol–water partition coefficient (Wildman–Crippen LogP) is 0.419. The van der Waals surface area contributed by atoms with Crippen LogP contribution in [0.25, 0.3) is 0 Å². The van der Waals surface area contributed by atoms with Crippen molar-refractivity contribution < 1.29 is 24.2 Å². The molecule has 1 saturated carbocycles. The van der Waals surface area contributed by atoms with Crippen LogP contribution < -0.4 is 4.90 Å². The summed E-state index contributed by atoms with van der Waals surface area (Å²) in [6.07, 6.45) is 1.19. The molecular formula is C14H20N2O5. The van der Waals surface area contributed by atoms with Gasteiger partial charge in [0.15, 0.2) is 5.69 Å². The lowest BCUT2D eigenvalue weighted by Gasteiger charge is -2.31. The van der Waals surface area contributed by atoms with Gasteiger partial charge in [-0.3, -0.25) is 0 Å². The SMILES string of the molecule is CCOC(=O)c1coc(N2C[C@H]3C[C@H](O)[C@H](O)C[C@H]3C2)n1. The number of fused-ring (bicyclic) bond motifs is 1. The Morgan fingerprint density at radius 2 is 2.00 bits per heavy atom. The molecule has 1 aliphatic heterocycles. The molecule has 3 rings (SSSR count). The van der Waals surface area contributed by atoms with Crippen molar-refractivity contribution in [3.8, 4) is 0 Å². The second-order valence-corrected chi connectivity index (χ2v) is 5.77. The molecule has 2 N–H and O–H groups in total. The number of carbonyl (C=O) groups excluding carboxylic acids is 1. The molecule has 2 fully saturated rings. The van der Waals surface area contributed by atoms with Crippen molar-refractivity contribution in [1.29, 1.82) is 0 Å². The van der Waals surface area contributed by atoms with Gasteiger partial charge in [-0.15, -0.1) is 0 Å². The highest BCUT2D eigenvalue weighted by Crippen LogP contribution is 2.38. The molecule has 0 bridgehead atoms. The number of carbonyl (C=O) groups is 1. The van der Waals surface area contributed by atoms with E-state index in [1.54, 1.807) is 6.92 Å². The molecule has 1 aromatic heterocycles. The smallest absolute Gasteiger partial charge is 0.360 e. The van der Waals surface area contributed by atoms with E-state index in [1.165, 1.54) is 6.26 Å². The summed E-state index contributed by atoms with van der Waals surface area (Å²) in [6.45, 7) is 3.47. The molecule has 7 nitrogen and oxygen atoms in total. The summed E-state index contributed by atoms with van der Waals surface area (Å²) in [5, 5.41) is 19.5. The number of hydrogen-bond donors (Lipinski definition) is 2. The molecule has 1 aromatic rings. The van der Waals surface area contributed by atoms with E-state index in [9.17, 15) is 15.0 Å². The first-order valence-corrected chi connectivity index (χ1v) is 7.32. The molecule has 116 valence electrons. The van der Waals surface area contributed by atoms with Gasteiger partial charge < -0.3 is 24.3 Å². The molecule has 0 radical (unpaired) electrons. The number of ether oxygens (including phenoxy) is 1. The standard InChI is InChI=1S/C14H20N2O5/c1-2-20-13(19)10-7-21-14(15-10)16-5-8-3-11(17)12(18)4-9(8)6-16/h7-9,11-12,17-18H,2-6H2,1H3/t8-,9+,11+,12-. The maximum Gasteiger partial charge on any atom is 0.360 e. The van der Waals surface area contributed by atoms with Crippen molar-refractivity contribution in [1.82, 2.24) is 4.98 Å². The number of aliphatic hydroxyl groups is 2. The van der Waals surface area contributed by atoms with E-state index in [0.717, 1.165) is 13.1 Å². The van der Waals surface area contributed by atoms with Crippen LogP contribution in [-0.4, -0.2) is 53.1 Å². The predicted molar refractivity (Wildman–Crippen MR) is 72.9 cm³/mol. The molecule has 0 spiro atoms. The van der Waals surface area contributed by atoms with Crippen LogP contribution in [0.15, 0.2) is 10.7 Å². The second kappa shape index (κ2) is 5.65. The quantitative estimate of drug-likeness (QED) is 0.780. The molecule has 0 unspecified atom stereocenters. The van der Waals surface area contributed by atoms with Crippen molar-refractivity contribution in [2.75, 3.05) is 24.6 Å². The van der Waals surface area contributed by atoms with Gasteiger partial charge in [0, 0.05) is 13.1 Å². The van der Waals surface area contributed by atoms with E-state index in [0.29, 0.717) is 37.3 Å². The Balaban J connectivity index is 1.68. The molecule has 4 atom stereocenters. The molecular weight excluding hydrogens is 276 g/mol. The normalized spacial score (nSPS) is 32.0. The van der Waals surface area contributed by atoms with Crippen LogP contribution >= 0.6 is 0 Å². The van der Waals surface area contributed by atoms with Gasteiger partial charge in [-0.25, -0.2) is 4.79 Å². The summed E-state index contributed by atoms with van der Waals surface area (Å²) in [4.78, 5) is 17.7. The van der Waals surface area contributed by atoms with Crippen LogP contribution in [0.1, 0.15) is 30.3 Å². The van der Waals surface area contributed by atoms with E-state index in [-0.39, 0.29) is 5.69 Å². The lowest BCUT2D eigenvalue weighted by atomic mass is 9.79. The lowest BCUT2D eigenvalue weighted by molar-refractivity contribution is -0.0372. The minimum atomic E-state index is -0.647. The Hall–Kier alpha value is -1.60. The van der Waals surface area contributed by atoms with Crippen molar-refractivity contribution >= 4 is 12.0 Å². The largest absolute Gasteiger partial charge is 0.461 e. The average Bonchev–Trinajstić information content (AvgIpc) is 3.06. The monoisotopic (exact) mass is 296 g/mol. The van der Waals surface area contributed by atoms with E-state index in [1.807, 2.05) is 4.90 Å². The Kier molecular flexibility index (Phi) is 3.86. The van der Waals surface area contributed by atoms with Gasteiger partial charge in [0.2, 0.25) is 0 Å². The van der Waals surface area contributed by atoms with Crippen LogP contribution in [0.5, 0.6) is 0 Å². The fraction of sp³-hybridized carbons (Fsp3) is 0.714. The summed E-state index contributed by atoms with van der Waals surface area (Å²) in [6, 6.07) is 0.399. The minimum absolute atomic E-state index is 0.168. The third kappa shape index (κ3) is 2.75. The fourth-order valence-corrected chi connectivity index (χ4v) is 3.27. The highest BCUT2D eigenvalue weighted by molar-refractivity contribution is 5.87. The van der Waals surface area contributed by atoms with Gasteiger partial charge in [-0.05, 0) is 31.6 Å². The summed E-state index contributed by atoms with van der Waals surface area (Å²) in [5.74, 6) is 0.151.